The summed E-state index contributed by atoms with van der Waals surface area (Å²) in [6.45, 7) is 2.15. The Hall–Kier alpha value is -2.14. The van der Waals surface area contributed by atoms with E-state index in [2.05, 4.69) is 5.32 Å². The molecule has 2 aliphatic rings. The lowest BCUT2D eigenvalue weighted by Gasteiger charge is -2.15. The molecule has 2 fully saturated rings. The molecule has 1 N–H and O–H groups in total. The molecular weight excluding hydrogens is 292 g/mol. The van der Waals surface area contributed by atoms with Gasteiger partial charge >= 0.3 is 0 Å². The highest BCUT2D eigenvalue weighted by Crippen LogP contribution is 2.21. The van der Waals surface area contributed by atoms with Gasteiger partial charge in [0.2, 0.25) is 11.8 Å². The number of anilines is 1. The lowest BCUT2D eigenvalue weighted by molar-refractivity contribution is -0.117. The second-order valence-electron chi connectivity index (χ2n) is 5.95. The van der Waals surface area contributed by atoms with Crippen LogP contribution in [0.4, 0.5) is 5.69 Å². The van der Waals surface area contributed by atoms with Crippen LogP contribution >= 0.6 is 0 Å². The Kier molecular flexibility index (Phi) is 5.08. The number of hydrogen-bond acceptors (Lipinski definition) is 3. The molecule has 122 valence electrons. The van der Waals surface area contributed by atoms with E-state index < -0.39 is 0 Å². The van der Waals surface area contributed by atoms with Gasteiger partial charge in [-0.05, 0) is 43.0 Å². The van der Waals surface area contributed by atoms with Gasteiger partial charge in [-0.2, -0.15) is 0 Å². The van der Waals surface area contributed by atoms with Gasteiger partial charge in [-0.25, -0.2) is 0 Å². The Morgan fingerprint density at radius 1 is 1.30 bits per heavy atom. The number of ether oxygens (including phenoxy) is 1. The smallest absolute Gasteiger partial charge is 0.244 e. The summed E-state index contributed by atoms with van der Waals surface area (Å²) in [5.74, 6) is 0.0705. The zero-order chi connectivity index (χ0) is 16.1. The first kappa shape index (κ1) is 15.7. The topological polar surface area (TPSA) is 58.6 Å². The molecule has 23 heavy (non-hydrogen) atoms. The van der Waals surface area contributed by atoms with Crippen LogP contribution in [0.5, 0.6) is 0 Å². The first-order valence-corrected chi connectivity index (χ1v) is 8.20. The minimum absolute atomic E-state index is 0.112. The van der Waals surface area contributed by atoms with Gasteiger partial charge in [-0.3, -0.25) is 9.59 Å². The van der Waals surface area contributed by atoms with E-state index in [1.165, 1.54) is 6.08 Å². The van der Waals surface area contributed by atoms with Crippen molar-refractivity contribution < 1.29 is 14.3 Å². The number of amides is 2. The monoisotopic (exact) mass is 314 g/mol. The predicted molar refractivity (Wildman–Crippen MR) is 89.0 cm³/mol. The van der Waals surface area contributed by atoms with Gasteiger partial charge in [0.15, 0.2) is 0 Å². The number of rotatable bonds is 5. The maximum Gasteiger partial charge on any atom is 0.244 e. The van der Waals surface area contributed by atoms with Gasteiger partial charge in [-0.1, -0.05) is 12.1 Å². The van der Waals surface area contributed by atoms with E-state index in [1.807, 2.05) is 29.2 Å². The van der Waals surface area contributed by atoms with Crippen molar-refractivity contribution >= 4 is 23.6 Å². The van der Waals surface area contributed by atoms with Crippen LogP contribution in [0.15, 0.2) is 30.3 Å². The molecule has 1 atom stereocenters. The van der Waals surface area contributed by atoms with Crippen molar-refractivity contribution in [2.45, 2.75) is 31.8 Å². The molecule has 1 aromatic rings. The van der Waals surface area contributed by atoms with Crippen molar-refractivity contribution in [3.05, 3.63) is 35.9 Å². The molecule has 2 amide bonds. The minimum Gasteiger partial charge on any atom is -0.376 e. The predicted octanol–water partition coefficient (Wildman–Crippen LogP) is 2.12. The molecule has 0 aromatic heterocycles. The average Bonchev–Trinajstić information content (AvgIpc) is 3.23. The fourth-order valence-electron chi connectivity index (χ4n) is 2.94. The molecule has 1 aromatic carbocycles. The summed E-state index contributed by atoms with van der Waals surface area (Å²) in [6.07, 6.45) is 7.11. The SMILES string of the molecule is O=C(/C=C\c1ccc(N2CCCC2=O)cc1)NC[C@H]1CCCO1. The van der Waals surface area contributed by atoms with Gasteiger partial charge in [0.1, 0.15) is 0 Å². The molecular formula is C18H22N2O3. The first-order valence-electron chi connectivity index (χ1n) is 8.20. The van der Waals surface area contributed by atoms with E-state index in [9.17, 15) is 9.59 Å². The molecule has 3 rings (SSSR count). The van der Waals surface area contributed by atoms with Gasteiger partial charge in [0.25, 0.3) is 0 Å². The van der Waals surface area contributed by atoms with Gasteiger partial charge in [-0.15, -0.1) is 0 Å². The van der Waals surface area contributed by atoms with Crippen LogP contribution in [-0.2, 0) is 14.3 Å². The maximum absolute atomic E-state index is 11.8. The van der Waals surface area contributed by atoms with Crippen molar-refractivity contribution in [3.8, 4) is 0 Å². The highest BCUT2D eigenvalue weighted by Gasteiger charge is 2.21. The summed E-state index contributed by atoms with van der Waals surface area (Å²) in [6, 6.07) is 7.69. The van der Waals surface area contributed by atoms with Gasteiger partial charge < -0.3 is 15.0 Å². The zero-order valence-electron chi connectivity index (χ0n) is 13.2. The highest BCUT2D eigenvalue weighted by molar-refractivity contribution is 5.95. The van der Waals surface area contributed by atoms with E-state index in [-0.39, 0.29) is 17.9 Å². The van der Waals surface area contributed by atoms with Crippen LogP contribution in [0.1, 0.15) is 31.2 Å². The summed E-state index contributed by atoms with van der Waals surface area (Å²) in [5.41, 5.74) is 1.86. The summed E-state index contributed by atoms with van der Waals surface area (Å²) in [7, 11) is 0. The Morgan fingerprint density at radius 2 is 2.13 bits per heavy atom. The molecule has 2 heterocycles. The minimum atomic E-state index is -0.112. The Balaban J connectivity index is 1.50. The van der Waals surface area contributed by atoms with E-state index in [1.54, 1.807) is 6.08 Å². The molecule has 0 spiro atoms. The van der Waals surface area contributed by atoms with Gasteiger partial charge in [0, 0.05) is 37.9 Å². The zero-order valence-corrected chi connectivity index (χ0v) is 13.2. The molecule has 0 unspecified atom stereocenters. The van der Waals surface area contributed by atoms with Crippen molar-refractivity contribution in [2.24, 2.45) is 0 Å². The van der Waals surface area contributed by atoms with Crippen LogP contribution < -0.4 is 10.2 Å². The first-order chi connectivity index (χ1) is 11.2. The van der Waals surface area contributed by atoms with Crippen LogP contribution in [0.3, 0.4) is 0 Å². The van der Waals surface area contributed by atoms with Crippen molar-refractivity contribution in [1.29, 1.82) is 0 Å². The lowest BCUT2D eigenvalue weighted by atomic mass is 10.2. The summed E-state index contributed by atoms with van der Waals surface area (Å²) >= 11 is 0. The summed E-state index contributed by atoms with van der Waals surface area (Å²) in [5, 5.41) is 2.85. The quantitative estimate of drug-likeness (QED) is 0.847. The molecule has 2 saturated heterocycles. The molecule has 5 nitrogen and oxygen atoms in total. The third-order valence-electron chi connectivity index (χ3n) is 4.23. The third-order valence-corrected chi connectivity index (χ3v) is 4.23. The number of nitrogens with zero attached hydrogens (tertiary/aromatic N) is 1. The van der Waals surface area contributed by atoms with Crippen LogP contribution in [-0.4, -0.2) is 37.6 Å². The average molecular weight is 314 g/mol. The van der Waals surface area contributed by atoms with Crippen molar-refractivity contribution in [2.75, 3.05) is 24.6 Å². The maximum atomic E-state index is 11.8. The highest BCUT2D eigenvalue weighted by atomic mass is 16.5. The van der Waals surface area contributed by atoms with Crippen molar-refractivity contribution in [3.63, 3.8) is 0 Å². The molecule has 0 saturated carbocycles. The van der Waals surface area contributed by atoms with E-state index in [4.69, 9.17) is 4.74 Å². The number of benzene rings is 1. The molecule has 5 heteroatoms. The summed E-state index contributed by atoms with van der Waals surface area (Å²) in [4.78, 5) is 25.3. The second kappa shape index (κ2) is 7.42. The van der Waals surface area contributed by atoms with Gasteiger partial charge in [0.05, 0.1) is 6.10 Å². The number of nitrogens with one attached hydrogen (secondary N) is 1. The van der Waals surface area contributed by atoms with E-state index in [0.717, 1.165) is 43.7 Å². The fraction of sp³-hybridized carbons (Fsp3) is 0.444. The number of carbonyl (C=O) groups excluding carboxylic acids is 2. The van der Waals surface area contributed by atoms with Crippen LogP contribution in [0.2, 0.25) is 0 Å². The molecule has 0 aliphatic carbocycles. The Bertz CT molecular complexity index is 589. The Labute approximate surface area is 136 Å². The van der Waals surface area contributed by atoms with E-state index in [0.29, 0.717) is 13.0 Å². The second-order valence-corrected chi connectivity index (χ2v) is 5.95. The number of hydrogen-bond donors (Lipinski definition) is 1. The lowest BCUT2D eigenvalue weighted by Crippen LogP contribution is -2.30. The molecule has 2 aliphatic heterocycles. The Morgan fingerprint density at radius 3 is 2.78 bits per heavy atom. The van der Waals surface area contributed by atoms with E-state index >= 15 is 0 Å². The van der Waals surface area contributed by atoms with Crippen LogP contribution in [0.25, 0.3) is 6.08 Å². The molecule has 0 radical (unpaired) electrons. The normalized spacial score (nSPS) is 21.3. The molecule has 0 bridgehead atoms. The number of carbonyl (C=O) groups is 2. The van der Waals surface area contributed by atoms with Crippen molar-refractivity contribution in [1.82, 2.24) is 5.32 Å². The van der Waals surface area contributed by atoms with Crippen LogP contribution in [0, 0.1) is 0 Å². The third kappa shape index (κ3) is 4.20. The fourth-order valence-corrected chi connectivity index (χ4v) is 2.94. The largest absolute Gasteiger partial charge is 0.376 e. The summed E-state index contributed by atoms with van der Waals surface area (Å²) < 4.78 is 5.47. The standard InChI is InChI=1S/C18H22N2O3/c21-17(19-13-16-3-2-12-23-16)10-7-14-5-8-15(9-6-14)20-11-1-4-18(20)22/h5-10,16H,1-4,11-13H2,(H,19,21)/b10-7-/t16-/m1/s1.